The molecule has 0 spiro atoms. The first-order valence-electron chi connectivity index (χ1n) is 10.6. The monoisotopic (exact) mass is 475 g/mol. The maximum atomic E-state index is 6.40. The highest BCUT2D eigenvalue weighted by atomic mass is 35.5. The largest absolute Gasteiger partial charge is 0.497 e. The van der Waals surface area contributed by atoms with Gasteiger partial charge in [0.15, 0.2) is 5.11 Å². The number of aryl methyl sites for hydroxylation is 1. The van der Waals surface area contributed by atoms with Gasteiger partial charge in [-0.2, -0.15) is 0 Å². The minimum Gasteiger partial charge on any atom is -0.497 e. The van der Waals surface area contributed by atoms with Crippen molar-refractivity contribution in [1.29, 1.82) is 0 Å². The van der Waals surface area contributed by atoms with E-state index in [0.717, 1.165) is 39.8 Å². The van der Waals surface area contributed by atoms with Gasteiger partial charge in [0.2, 0.25) is 0 Å². The van der Waals surface area contributed by atoms with Gasteiger partial charge in [-0.05, 0) is 67.2 Å². The van der Waals surface area contributed by atoms with Gasteiger partial charge in [0.25, 0.3) is 0 Å². The lowest BCUT2D eigenvalue weighted by atomic mass is 10.0. The summed E-state index contributed by atoms with van der Waals surface area (Å²) in [6, 6.07) is 23.2. The Balaban J connectivity index is 1.60. The van der Waals surface area contributed by atoms with Crippen molar-refractivity contribution in [2.45, 2.75) is 19.0 Å². The summed E-state index contributed by atoms with van der Waals surface area (Å²) in [5.74, 6) is 2.27. The second-order valence-electron chi connectivity index (χ2n) is 7.86. The van der Waals surface area contributed by atoms with E-state index in [2.05, 4.69) is 15.2 Å². The Morgan fingerprint density at radius 1 is 1.06 bits per heavy atom. The van der Waals surface area contributed by atoms with E-state index in [1.807, 2.05) is 79.7 Å². The Morgan fingerprint density at radius 3 is 2.70 bits per heavy atom. The van der Waals surface area contributed by atoms with E-state index in [1.54, 1.807) is 13.3 Å². The van der Waals surface area contributed by atoms with Crippen LogP contribution >= 0.6 is 23.8 Å². The SMILES string of the molecule is COc1cccc(N2C(=S)N[C@H](c3ccccn3)[C@@H]2c2ccc(-c3ccc(C)c(Cl)c3)o2)c1. The second-order valence-corrected chi connectivity index (χ2v) is 8.66. The summed E-state index contributed by atoms with van der Waals surface area (Å²) in [7, 11) is 1.65. The molecular formula is C26H22ClN3O2S. The average molecular weight is 476 g/mol. The fourth-order valence-electron chi connectivity index (χ4n) is 4.10. The van der Waals surface area contributed by atoms with Gasteiger partial charge in [-0.3, -0.25) is 4.98 Å². The topological polar surface area (TPSA) is 50.5 Å². The molecule has 1 N–H and O–H groups in total. The summed E-state index contributed by atoms with van der Waals surface area (Å²) >= 11 is 12.1. The molecule has 2 aromatic carbocycles. The summed E-state index contributed by atoms with van der Waals surface area (Å²) in [5, 5.41) is 4.75. The number of furan rings is 1. The van der Waals surface area contributed by atoms with E-state index in [9.17, 15) is 0 Å². The van der Waals surface area contributed by atoms with Crippen molar-refractivity contribution in [3.63, 3.8) is 0 Å². The van der Waals surface area contributed by atoms with Crippen LogP contribution in [-0.4, -0.2) is 17.2 Å². The van der Waals surface area contributed by atoms with Crippen molar-refractivity contribution in [3.8, 4) is 17.1 Å². The Morgan fingerprint density at radius 2 is 1.94 bits per heavy atom. The summed E-state index contributed by atoms with van der Waals surface area (Å²) < 4.78 is 11.8. The van der Waals surface area contributed by atoms with E-state index >= 15 is 0 Å². The van der Waals surface area contributed by atoms with E-state index in [1.165, 1.54) is 0 Å². The molecule has 0 aliphatic carbocycles. The number of methoxy groups -OCH3 is 1. The number of pyridine rings is 1. The smallest absolute Gasteiger partial charge is 0.174 e. The zero-order chi connectivity index (χ0) is 22.9. The molecule has 7 heteroatoms. The van der Waals surface area contributed by atoms with Crippen molar-refractivity contribution in [3.05, 3.63) is 101 Å². The lowest BCUT2D eigenvalue weighted by molar-refractivity contribution is 0.414. The molecule has 0 radical (unpaired) electrons. The number of thiocarbonyl (C=S) groups is 1. The molecule has 4 aromatic rings. The Kier molecular flexibility index (Phi) is 5.79. The van der Waals surface area contributed by atoms with Crippen molar-refractivity contribution in [1.82, 2.24) is 10.3 Å². The molecule has 0 amide bonds. The number of nitrogens with zero attached hydrogens (tertiary/aromatic N) is 2. The average Bonchev–Trinajstić information content (AvgIpc) is 3.46. The molecule has 0 unspecified atom stereocenters. The van der Waals surface area contributed by atoms with E-state index < -0.39 is 0 Å². The molecule has 1 fully saturated rings. The number of hydrogen-bond acceptors (Lipinski definition) is 4. The highest BCUT2D eigenvalue weighted by Crippen LogP contribution is 2.43. The quantitative estimate of drug-likeness (QED) is 0.333. The summed E-state index contributed by atoms with van der Waals surface area (Å²) in [5.41, 5.74) is 3.74. The third kappa shape index (κ3) is 4.08. The van der Waals surface area contributed by atoms with Crippen LogP contribution in [0.5, 0.6) is 5.75 Å². The van der Waals surface area contributed by atoms with E-state index in [-0.39, 0.29) is 12.1 Å². The molecule has 1 aliphatic heterocycles. The Bertz CT molecular complexity index is 1310. The van der Waals surface area contributed by atoms with Crippen molar-refractivity contribution < 1.29 is 9.15 Å². The van der Waals surface area contributed by atoms with E-state index in [4.69, 9.17) is 33.0 Å². The Hall–Kier alpha value is -3.35. The van der Waals surface area contributed by atoms with Gasteiger partial charge in [0, 0.05) is 28.5 Å². The molecule has 0 bridgehead atoms. The molecule has 3 heterocycles. The standard InChI is InChI=1S/C26H22ClN3O2S/c1-16-9-10-17(14-20(16)27)22-11-12-23(32-22)25-24(21-8-3-4-13-28-21)29-26(33)30(25)18-6-5-7-19(15-18)31-2/h3-15,24-25H,1-2H3,(H,29,33)/t24-,25+/m1/s1. The number of benzene rings is 2. The molecule has 5 rings (SSSR count). The van der Waals surface area contributed by atoms with Gasteiger partial charge in [-0.25, -0.2) is 0 Å². The fraction of sp³-hybridized carbons (Fsp3) is 0.154. The molecule has 2 atom stereocenters. The zero-order valence-corrected chi connectivity index (χ0v) is 19.7. The van der Waals surface area contributed by atoms with Crippen molar-refractivity contribution >= 4 is 34.6 Å². The molecule has 0 saturated carbocycles. The lowest BCUT2D eigenvalue weighted by Gasteiger charge is -2.26. The highest BCUT2D eigenvalue weighted by Gasteiger charge is 2.42. The van der Waals surface area contributed by atoms with Gasteiger partial charge >= 0.3 is 0 Å². The molecule has 2 aromatic heterocycles. The summed E-state index contributed by atoms with van der Waals surface area (Å²) in [6.45, 7) is 1.98. The third-order valence-electron chi connectivity index (χ3n) is 5.80. The second kappa shape index (κ2) is 8.89. The van der Waals surface area contributed by atoms with Crippen LogP contribution < -0.4 is 15.0 Å². The molecular weight excluding hydrogens is 454 g/mol. The van der Waals surface area contributed by atoms with E-state index in [0.29, 0.717) is 10.1 Å². The molecule has 1 saturated heterocycles. The van der Waals surface area contributed by atoms with Crippen LogP contribution in [0.1, 0.15) is 29.1 Å². The summed E-state index contributed by atoms with van der Waals surface area (Å²) in [6.07, 6.45) is 1.78. The minimum absolute atomic E-state index is 0.189. The van der Waals surface area contributed by atoms with Crippen LogP contribution in [0.25, 0.3) is 11.3 Å². The molecule has 1 aliphatic rings. The number of nitrogens with one attached hydrogen (secondary N) is 1. The van der Waals surface area contributed by atoms with Gasteiger partial charge in [-0.1, -0.05) is 35.9 Å². The maximum Gasteiger partial charge on any atom is 0.174 e. The van der Waals surface area contributed by atoms with Crippen LogP contribution in [0, 0.1) is 6.92 Å². The predicted octanol–water partition coefficient (Wildman–Crippen LogP) is 6.49. The predicted molar refractivity (Wildman–Crippen MR) is 135 cm³/mol. The maximum absolute atomic E-state index is 6.40. The number of rotatable bonds is 5. The highest BCUT2D eigenvalue weighted by molar-refractivity contribution is 7.80. The first-order chi connectivity index (χ1) is 16.0. The Labute approximate surface area is 203 Å². The minimum atomic E-state index is -0.242. The first-order valence-corrected chi connectivity index (χ1v) is 11.3. The number of aromatic nitrogens is 1. The van der Waals surface area contributed by atoms with Gasteiger partial charge < -0.3 is 19.4 Å². The lowest BCUT2D eigenvalue weighted by Crippen LogP contribution is -2.29. The third-order valence-corrected chi connectivity index (χ3v) is 6.53. The van der Waals surface area contributed by atoms with Gasteiger partial charge in [-0.15, -0.1) is 0 Å². The van der Waals surface area contributed by atoms with Gasteiger partial charge in [0.05, 0.1) is 18.8 Å². The molecule has 33 heavy (non-hydrogen) atoms. The zero-order valence-electron chi connectivity index (χ0n) is 18.2. The van der Waals surface area contributed by atoms with Crippen LogP contribution in [0.3, 0.4) is 0 Å². The van der Waals surface area contributed by atoms with Crippen molar-refractivity contribution in [2.75, 3.05) is 12.0 Å². The van der Waals surface area contributed by atoms with Gasteiger partial charge in [0.1, 0.15) is 23.3 Å². The fourth-order valence-corrected chi connectivity index (χ4v) is 4.62. The number of ether oxygens (including phenoxy) is 1. The normalized spacial score (nSPS) is 17.8. The van der Waals surface area contributed by atoms with Crippen LogP contribution in [-0.2, 0) is 0 Å². The van der Waals surface area contributed by atoms with Crippen LogP contribution in [0.15, 0.2) is 83.4 Å². The number of halogens is 1. The summed E-state index contributed by atoms with van der Waals surface area (Å²) in [4.78, 5) is 6.64. The van der Waals surface area contributed by atoms with Crippen LogP contribution in [0.2, 0.25) is 5.02 Å². The number of hydrogen-bond donors (Lipinski definition) is 1. The number of anilines is 1. The first kappa shape index (κ1) is 21.5. The van der Waals surface area contributed by atoms with Crippen molar-refractivity contribution in [2.24, 2.45) is 0 Å². The molecule has 166 valence electrons. The van der Waals surface area contributed by atoms with Crippen LogP contribution in [0.4, 0.5) is 5.69 Å². The molecule has 5 nitrogen and oxygen atoms in total.